The molecule has 34 heavy (non-hydrogen) atoms. The second-order valence-electron chi connectivity index (χ2n) is 8.64. The van der Waals surface area contributed by atoms with Crippen molar-refractivity contribution in [1.29, 1.82) is 0 Å². The van der Waals surface area contributed by atoms with Crippen molar-refractivity contribution < 1.29 is 14.4 Å². The van der Waals surface area contributed by atoms with Crippen LogP contribution in [0, 0.1) is 0 Å². The standard InChI is InChI=1S/C24H31N7O3/c25-21(32)17-7-8-20(29-10-2-1-3-11-29)19(16-17)28-24(34)31-13-5-12-30(14-15-31)23-18(22(26)33)6-4-9-27-23/h4,6-9,16H,1-3,5,10-15H2,(H2,25,32)(H2,26,33)(H,28,34). The molecule has 180 valence electrons. The molecule has 0 bridgehead atoms. The van der Waals surface area contributed by atoms with Crippen molar-refractivity contribution in [1.82, 2.24) is 9.88 Å². The molecule has 2 saturated heterocycles. The first kappa shape index (κ1) is 23.3. The molecular weight excluding hydrogens is 434 g/mol. The van der Waals surface area contributed by atoms with Crippen LogP contribution in [0.5, 0.6) is 0 Å². The molecule has 0 unspecified atom stereocenters. The summed E-state index contributed by atoms with van der Waals surface area (Å²) in [6.45, 7) is 3.99. The molecule has 1 aromatic heterocycles. The molecule has 1 aromatic carbocycles. The number of amides is 4. The number of rotatable bonds is 5. The van der Waals surface area contributed by atoms with Gasteiger partial charge in [0, 0.05) is 51.0 Å². The summed E-state index contributed by atoms with van der Waals surface area (Å²) in [6.07, 6.45) is 5.71. The van der Waals surface area contributed by atoms with E-state index in [2.05, 4.69) is 15.2 Å². The summed E-state index contributed by atoms with van der Waals surface area (Å²) in [5.74, 6) is -0.521. The first-order valence-electron chi connectivity index (χ1n) is 11.7. The maximum absolute atomic E-state index is 13.2. The van der Waals surface area contributed by atoms with Crippen LogP contribution in [0.4, 0.5) is 22.0 Å². The van der Waals surface area contributed by atoms with Gasteiger partial charge in [-0.2, -0.15) is 0 Å². The Labute approximate surface area is 198 Å². The van der Waals surface area contributed by atoms with Crippen molar-refractivity contribution in [2.24, 2.45) is 11.5 Å². The molecule has 4 rings (SSSR count). The lowest BCUT2D eigenvalue weighted by Gasteiger charge is -2.31. The summed E-state index contributed by atoms with van der Waals surface area (Å²) in [7, 11) is 0. The number of hydrogen-bond acceptors (Lipinski definition) is 6. The van der Waals surface area contributed by atoms with Crippen LogP contribution in [0.2, 0.25) is 0 Å². The number of pyridine rings is 1. The van der Waals surface area contributed by atoms with Crippen LogP contribution in [0.3, 0.4) is 0 Å². The third kappa shape index (κ3) is 5.22. The number of nitrogens with one attached hydrogen (secondary N) is 1. The van der Waals surface area contributed by atoms with Gasteiger partial charge in [0.25, 0.3) is 5.91 Å². The zero-order valence-electron chi connectivity index (χ0n) is 19.2. The Morgan fingerprint density at radius 3 is 2.32 bits per heavy atom. The Hall–Kier alpha value is -3.82. The normalized spacial score (nSPS) is 16.6. The first-order chi connectivity index (χ1) is 16.4. The third-order valence-electron chi connectivity index (χ3n) is 6.35. The van der Waals surface area contributed by atoms with E-state index in [-0.39, 0.29) is 6.03 Å². The zero-order chi connectivity index (χ0) is 24.1. The van der Waals surface area contributed by atoms with Gasteiger partial charge >= 0.3 is 6.03 Å². The number of urea groups is 1. The molecule has 2 aliphatic heterocycles. The van der Waals surface area contributed by atoms with Gasteiger partial charge in [0.2, 0.25) is 5.91 Å². The molecule has 10 nitrogen and oxygen atoms in total. The maximum Gasteiger partial charge on any atom is 0.321 e. The van der Waals surface area contributed by atoms with Gasteiger partial charge in [0.1, 0.15) is 5.82 Å². The van der Waals surface area contributed by atoms with Crippen LogP contribution in [0.25, 0.3) is 0 Å². The number of benzene rings is 1. The maximum atomic E-state index is 13.2. The number of piperidine rings is 1. The highest BCUT2D eigenvalue weighted by Gasteiger charge is 2.24. The lowest BCUT2D eigenvalue weighted by atomic mass is 10.1. The Morgan fingerprint density at radius 2 is 1.59 bits per heavy atom. The first-order valence-corrected chi connectivity index (χ1v) is 11.7. The minimum absolute atomic E-state index is 0.238. The van der Waals surface area contributed by atoms with Gasteiger partial charge in [0.15, 0.2) is 0 Å². The van der Waals surface area contributed by atoms with Gasteiger partial charge in [0.05, 0.1) is 16.9 Å². The van der Waals surface area contributed by atoms with E-state index < -0.39 is 11.8 Å². The highest BCUT2D eigenvalue weighted by Crippen LogP contribution is 2.30. The fourth-order valence-corrected chi connectivity index (χ4v) is 4.57. The van der Waals surface area contributed by atoms with Crippen molar-refractivity contribution in [2.45, 2.75) is 25.7 Å². The summed E-state index contributed by atoms with van der Waals surface area (Å²) < 4.78 is 0. The monoisotopic (exact) mass is 465 g/mol. The van der Waals surface area contributed by atoms with Crippen molar-refractivity contribution >= 4 is 35.0 Å². The summed E-state index contributed by atoms with van der Waals surface area (Å²) >= 11 is 0. The van der Waals surface area contributed by atoms with Crippen molar-refractivity contribution in [3.8, 4) is 0 Å². The molecule has 2 aliphatic rings. The van der Waals surface area contributed by atoms with E-state index in [1.54, 1.807) is 35.4 Å². The molecule has 0 aliphatic carbocycles. The van der Waals surface area contributed by atoms with E-state index in [9.17, 15) is 14.4 Å². The Kier molecular flexibility index (Phi) is 7.15. The Balaban J connectivity index is 1.49. The minimum Gasteiger partial charge on any atom is -0.370 e. The van der Waals surface area contributed by atoms with Crippen molar-refractivity contribution in [3.63, 3.8) is 0 Å². The van der Waals surface area contributed by atoms with Crippen molar-refractivity contribution in [3.05, 3.63) is 47.7 Å². The van der Waals surface area contributed by atoms with E-state index in [4.69, 9.17) is 11.5 Å². The fourth-order valence-electron chi connectivity index (χ4n) is 4.57. The van der Waals surface area contributed by atoms with Gasteiger partial charge in [-0.05, 0) is 56.0 Å². The van der Waals surface area contributed by atoms with Crippen LogP contribution in [-0.2, 0) is 0 Å². The van der Waals surface area contributed by atoms with Crippen LogP contribution in [0.15, 0.2) is 36.5 Å². The van der Waals surface area contributed by atoms with Gasteiger partial charge < -0.3 is 31.5 Å². The Bertz CT molecular complexity index is 1070. The van der Waals surface area contributed by atoms with Crippen LogP contribution < -0.4 is 26.6 Å². The number of primary amides is 2. The molecule has 4 amide bonds. The summed E-state index contributed by atoms with van der Waals surface area (Å²) in [4.78, 5) is 47.1. The third-order valence-corrected chi connectivity index (χ3v) is 6.35. The number of hydrogen-bond donors (Lipinski definition) is 3. The van der Waals surface area contributed by atoms with Crippen LogP contribution in [0.1, 0.15) is 46.4 Å². The summed E-state index contributed by atoms with van der Waals surface area (Å²) in [5, 5.41) is 3.01. The second-order valence-corrected chi connectivity index (χ2v) is 8.64. The Morgan fingerprint density at radius 1 is 0.824 bits per heavy atom. The van der Waals surface area contributed by atoms with Gasteiger partial charge in [-0.3, -0.25) is 9.59 Å². The average molecular weight is 466 g/mol. The number of anilines is 3. The molecule has 0 spiro atoms. The SMILES string of the molecule is NC(=O)c1ccc(N2CCCCC2)c(NC(=O)N2CCCN(c3ncccc3C(N)=O)CC2)c1. The molecular formula is C24H31N7O3. The molecule has 3 heterocycles. The molecule has 0 saturated carbocycles. The topological polar surface area (TPSA) is 138 Å². The molecule has 2 fully saturated rings. The smallest absolute Gasteiger partial charge is 0.321 e. The van der Waals surface area contributed by atoms with Crippen LogP contribution in [-0.4, -0.2) is 67.0 Å². The summed E-state index contributed by atoms with van der Waals surface area (Å²) in [5.41, 5.74) is 13.2. The van der Waals surface area contributed by atoms with E-state index in [0.717, 1.165) is 31.6 Å². The highest BCUT2D eigenvalue weighted by atomic mass is 16.2. The predicted octanol–water partition coefficient (Wildman–Crippen LogP) is 2.01. The number of nitrogens with zero attached hydrogens (tertiary/aromatic N) is 4. The molecule has 2 aromatic rings. The lowest BCUT2D eigenvalue weighted by molar-refractivity contribution is 0.0992. The van der Waals surface area contributed by atoms with Gasteiger partial charge in [-0.25, -0.2) is 9.78 Å². The number of nitrogens with two attached hydrogens (primary N) is 2. The summed E-state index contributed by atoms with van der Waals surface area (Å²) in [6, 6.07) is 8.32. The average Bonchev–Trinajstić information content (AvgIpc) is 3.11. The second kappa shape index (κ2) is 10.4. The number of aromatic nitrogens is 1. The highest BCUT2D eigenvalue weighted by molar-refractivity contribution is 5.99. The largest absolute Gasteiger partial charge is 0.370 e. The van der Waals surface area contributed by atoms with E-state index in [1.807, 2.05) is 11.0 Å². The molecule has 0 atom stereocenters. The minimum atomic E-state index is -0.535. The number of carbonyl (C=O) groups excluding carboxylic acids is 3. The molecule has 0 radical (unpaired) electrons. The molecule has 10 heteroatoms. The fraction of sp³-hybridized carbons (Fsp3) is 0.417. The van der Waals surface area contributed by atoms with Crippen LogP contribution >= 0.6 is 0 Å². The van der Waals surface area contributed by atoms with E-state index in [0.29, 0.717) is 55.2 Å². The molecule has 5 N–H and O–H groups in total. The quantitative estimate of drug-likeness (QED) is 0.618. The van der Waals surface area contributed by atoms with Gasteiger partial charge in [-0.15, -0.1) is 0 Å². The lowest BCUT2D eigenvalue weighted by Crippen LogP contribution is -2.39. The number of carbonyl (C=O) groups is 3. The predicted molar refractivity (Wildman–Crippen MR) is 131 cm³/mol. The zero-order valence-corrected chi connectivity index (χ0v) is 19.2. The van der Waals surface area contributed by atoms with E-state index in [1.165, 1.54) is 6.42 Å². The van der Waals surface area contributed by atoms with E-state index >= 15 is 0 Å². The van der Waals surface area contributed by atoms with Crippen molar-refractivity contribution in [2.75, 3.05) is 54.4 Å². The van der Waals surface area contributed by atoms with Gasteiger partial charge in [-0.1, -0.05) is 0 Å².